The highest BCUT2D eigenvalue weighted by Gasteiger charge is 2.11. The van der Waals surface area contributed by atoms with Gasteiger partial charge in [-0.15, -0.1) is 0 Å². The van der Waals surface area contributed by atoms with E-state index in [0.29, 0.717) is 0 Å². The molecule has 0 radical (unpaired) electrons. The van der Waals surface area contributed by atoms with Gasteiger partial charge in [0.25, 0.3) is 0 Å². The molecule has 0 rings (SSSR count). The Morgan fingerprint density at radius 3 is 1.27 bits per heavy atom. The van der Waals surface area contributed by atoms with E-state index in [4.69, 9.17) is 29.1 Å². The molecule has 0 spiro atoms. The highest BCUT2D eigenvalue weighted by atomic mass is 127. The smallest absolute Gasteiger partial charge is 0.368 e. The molecular weight excluding hydrogens is 275 g/mol. The highest BCUT2D eigenvalue weighted by molar-refractivity contribution is 4.43. The average molecular weight is 284 g/mol. The first-order valence-electron chi connectivity index (χ1n) is 2.34. The minimum Gasteiger partial charge on any atom is -0.394 e. The molecule has 8 heteroatoms. The normalized spacial score (nSPS) is 10.9. The van der Waals surface area contributed by atoms with Gasteiger partial charge in [-0.05, 0) is 0 Å². The van der Waals surface area contributed by atoms with Gasteiger partial charge < -0.3 is 15.3 Å². The summed E-state index contributed by atoms with van der Waals surface area (Å²) in [5, 5.41) is 24.0. The van der Waals surface area contributed by atoms with Gasteiger partial charge in [0, 0.05) is 3.44 Å². The Bertz CT molecular complexity index is 70.2. The van der Waals surface area contributed by atoms with Crippen LogP contribution in [0.1, 0.15) is 0 Å². The molecule has 0 aliphatic rings. The molecule has 0 fully saturated rings. The van der Waals surface area contributed by atoms with E-state index >= 15 is 0 Å². The van der Waals surface area contributed by atoms with Crippen molar-refractivity contribution in [1.82, 2.24) is 0 Å². The summed E-state index contributed by atoms with van der Waals surface area (Å²) in [6.45, 7) is -0.729. The Kier molecular flexibility index (Phi) is 9.06. The van der Waals surface area contributed by atoms with E-state index < -0.39 is 26.2 Å². The predicted molar refractivity (Wildman–Crippen MR) is 22.4 cm³/mol. The molecule has 7 nitrogen and oxygen atoms in total. The van der Waals surface area contributed by atoms with Crippen molar-refractivity contribution in [2.45, 2.75) is 6.10 Å². The number of aliphatic hydroxyl groups excluding tert-OH is 3. The molecule has 70 valence electrons. The monoisotopic (exact) mass is 284 g/mol. The first-order chi connectivity index (χ1) is 4.81. The molecule has 0 amide bonds. The van der Waals surface area contributed by atoms with Crippen molar-refractivity contribution in [2.75, 3.05) is 13.2 Å². The number of aliphatic hydroxyl groups is 3. The van der Waals surface area contributed by atoms with Crippen LogP contribution in [0.25, 0.3) is 0 Å². The van der Waals surface area contributed by atoms with Crippen molar-refractivity contribution in [3.63, 3.8) is 0 Å². The fraction of sp³-hybridized carbons (Fsp3) is 1.00. The summed E-state index contributed by atoms with van der Waals surface area (Å²) in [7, 11) is 0. The Morgan fingerprint density at radius 1 is 1.09 bits per heavy atom. The first kappa shape index (κ1) is 14.0. The standard InChI is InChI=1S/C3H8O3.HIO4/c4-1-3(6)2-5;2-1(3,4)5/h3-6H,1-2H2;2H. The van der Waals surface area contributed by atoms with Gasteiger partial charge in [-0.1, -0.05) is 0 Å². The van der Waals surface area contributed by atoms with Gasteiger partial charge in [0.15, 0.2) is 0 Å². The maximum atomic E-state index is 8.73. The zero-order valence-electron chi connectivity index (χ0n) is 5.38. The lowest BCUT2D eigenvalue weighted by atomic mass is 10.4. The molecule has 0 unspecified atom stereocenters. The molecule has 0 aromatic heterocycles. The van der Waals surface area contributed by atoms with Crippen LogP contribution in [0, 0.1) is 0 Å². The lowest BCUT2D eigenvalue weighted by Crippen LogP contribution is -4.23. The molecule has 0 saturated heterocycles. The zero-order valence-corrected chi connectivity index (χ0v) is 7.54. The Balaban J connectivity index is 0. The SMILES string of the molecule is OCC(O)CO.[O-][I+3]([O-])([O-])O. The number of halogens is 1. The molecule has 4 N–H and O–H groups in total. The second-order valence-electron chi connectivity index (χ2n) is 1.41. The minimum atomic E-state index is -5.69. The summed E-state index contributed by atoms with van der Waals surface area (Å²) in [4.78, 5) is 0. The van der Waals surface area contributed by atoms with Crippen molar-refractivity contribution in [2.24, 2.45) is 0 Å². The summed E-state index contributed by atoms with van der Waals surface area (Å²) < 4.78 is 33.2. The van der Waals surface area contributed by atoms with Crippen LogP contribution >= 0.6 is 0 Å². The Labute approximate surface area is 68.9 Å². The maximum absolute atomic E-state index is 8.73. The quantitative estimate of drug-likeness (QED) is 0.368. The second-order valence-corrected chi connectivity index (χ2v) is 3.68. The Hall–Kier alpha value is 0.450. The average Bonchev–Trinajstić information content (AvgIpc) is 1.83. The molecule has 11 heavy (non-hydrogen) atoms. The molecule has 0 saturated carbocycles. The van der Waals surface area contributed by atoms with E-state index in [9.17, 15) is 0 Å². The van der Waals surface area contributed by atoms with Gasteiger partial charge in [0.2, 0.25) is 0 Å². The van der Waals surface area contributed by atoms with Crippen molar-refractivity contribution < 1.29 is 49.2 Å². The van der Waals surface area contributed by atoms with Crippen molar-refractivity contribution in [3.8, 4) is 0 Å². The van der Waals surface area contributed by atoms with E-state index in [2.05, 4.69) is 0 Å². The van der Waals surface area contributed by atoms with Crippen LogP contribution < -0.4 is 30.4 Å². The summed E-state index contributed by atoms with van der Waals surface area (Å²) in [6.07, 6.45) is -0.954. The summed E-state index contributed by atoms with van der Waals surface area (Å²) >= 11 is -5.69. The van der Waals surface area contributed by atoms with Crippen molar-refractivity contribution >= 4 is 0 Å². The third kappa shape index (κ3) is 37.7. The van der Waals surface area contributed by atoms with E-state index in [0.717, 1.165) is 0 Å². The number of hydrogen-bond acceptors (Lipinski definition) is 7. The molecular formula is C3H9IO7. The lowest BCUT2D eigenvalue weighted by molar-refractivity contribution is -1.92. The molecule has 0 heterocycles. The first-order valence-corrected chi connectivity index (χ1v) is 5.95. The van der Waals surface area contributed by atoms with E-state index in [1.807, 2.05) is 0 Å². The Morgan fingerprint density at radius 2 is 1.27 bits per heavy atom. The van der Waals surface area contributed by atoms with Crippen LogP contribution in [0.3, 0.4) is 0 Å². The third-order valence-corrected chi connectivity index (χ3v) is 0.421. The highest BCUT2D eigenvalue weighted by Crippen LogP contribution is 1.71. The predicted octanol–water partition coefficient (Wildman–Crippen LogP) is -8.79. The minimum absolute atomic E-state index is 0.365. The van der Waals surface area contributed by atoms with Crippen LogP contribution in [-0.4, -0.2) is 38.1 Å². The second kappa shape index (κ2) is 7.12. The van der Waals surface area contributed by atoms with Crippen LogP contribution in [0.2, 0.25) is 0 Å². The van der Waals surface area contributed by atoms with Crippen LogP contribution in [-0.2, 0) is 0 Å². The van der Waals surface area contributed by atoms with Crippen molar-refractivity contribution in [1.29, 1.82) is 0 Å². The van der Waals surface area contributed by atoms with Crippen molar-refractivity contribution in [3.05, 3.63) is 0 Å². The fourth-order valence-corrected chi connectivity index (χ4v) is 0.0577. The van der Waals surface area contributed by atoms with Gasteiger partial charge in [-0.3, -0.25) is 10.3 Å². The molecule has 0 aromatic carbocycles. The van der Waals surface area contributed by atoms with Crippen LogP contribution in [0.4, 0.5) is 0 Å². The largest absolute Gasteiger partial charge is 0.394 e. The summed E-state index contributed by atoms with van der Waals surface area (Å²) in [5.74, 6) is 0. The van der Waals surface area contributed by atoms with Gasteiger partial charge in [-0.25, -0.2) is 0 Å². The summed E-state index contributed by atoms with van der Waals surface area (Å²) in [6, 6.07) is 0. The van der Waals surface area contributed by atoms with E-state index in [-0.39, 0.29) is 13.2 Å². The number of hydrogen-bond donors (Lipinski definition) is 4. The zero-order chi connectivity index (χ0) is 9.49. The van der Waals surface area contributed by atoms with Gasteiger partial charge in [0.1, 0.15) is 6.10 Å². The van der Waals surface area contributed by atoms with Gasteiger partial charge in [-0.2, -0.15) is 0 Å². The molecule has 0 atom stereocenters. The molecule has 0 bridgehead atoms. The van der Waals surface area contributed by atoms with Gasteiger partial charge >= 0.3 is 20.1 Å². The molecule has 0 aromatic rings. The fourth-order valence-electron chi connectivity index (χ4n) is 0.0577. The summed E-state index contributed by atoms with van der Waals surface area (Å²) in [5.41, 5.74) is 0. The van der Waals surface area contributed by atoms with Crippen LogP contribution in [0.5, 0.6) is 0 Å². The van der Waals surface area contributed by atoms with Crippen LogP contribution in [0.15, 0.2) is 0 Å². The topological polar surface area (TPSA) is 150 Å². The third-order valence-electron chi connectivity index (χ3n) is 0.421. The van der Waals surface area contributed by atoms with E-state index in [1.165, 1.54) is 0 Å². The molecule has 0 aliphatic heterocycles. The lowest BCUT2D eigenvalue weighted by Gasteiger charge is -1.96. The van der Waals surface area contributed by atoms with Gasteiger partial charge in [0.05, 0.1) is 13.2 Å². The number of rotatable bonds is 2. The maximum Gasteiger partial charge on any atom is 0.368 e. The molecule has 0 aliphatic carbocycles. The van der Waals surface area contributed by atoms with E-state index in [1.54, 1.807) is 0 Å².